The van der Waals surface area contributed by atoms with Gasteiger partial charge >= 0.3 is 0 Å². The molecule has 4 heteroatoms. The van der Waals surface area contributed by atoms with Crippen molar-refractivity contribution in [3.63, 3.8) is 0 Å². The number of aromatic amines is 1. The molecule has 3 nitrogen and oxygen atoms in total. The minimum Gasteiger partial charge on any atom is -0.361 e. The molecule has 0 saturated carbocycles. The highest BCUT2D eigenvalue weighted by Crippen LogP contribution is 2.27. The molecule has 0 fully saturated rings. The minimum atomic E-state index is 0.824. The molecule has 0 radical (unpaired) electrons. The van der Waals surface area contributed by atoms with Gasteiger partial charge in [0.1, 0.15) is 0 Å². The molecule has 0 unspecified atom stereocenters. The first kappa shape index (κ1) is 16.7. The molecule has 26 heavy (non-hydrogen) atoms. The van der Waals surface area contributed by atoms with Crippen molar-refractivity contribution in [3.8, 4) is 0 Å². The fraction of sp³-hybridized carbons (Fsp3) is 0.136. The van der Waals surface area contributed by atoms with Crippen molar-refractivity contribution in [2.24, 2.45) is 0 Å². The fourth-order valence-corrected chi connectivity index (χ4v) is 3.54. The van der Waals surface area contributed by atoms with E-state index in [1.807, 2.05) is 24.3 Å². The number of aromatic nitrogens is 2. The van der Waals surface area contributed by atoms with Crippen molar-refractivity contribution in [2.75, 3.05) is 5.32 Å². The molecular weight excluding hydrogens is 342 g/mol. The van der Waals surface area contributed by atoms with E-state index in [4.69, 9.17) is 11.6 Å². The molecule has 0 saturated heterocycles. The van der Waals surface area contributed by atoms with Gasteiger partial charge in [-0.25, -0.2) is 0 Å². The summed E-state index contributed by atoms with van der Waals surface area (Å²) in [6.45, 7) is 0. The third-order valence-electron chi connectivity index (χ3n) is 4.57. The lowest BCUT2D eigenvalue weighted by molar-refractivity contribution is 0.825. The number of fused-ring (bicyclic) bond motifs is 1. The first-order chi connectivity index (χ1) is 12.8. The van der Waals surface area contributed by atoms with Gasteiger partial charge in [0, 0.05) is 40.9 Å². The molecule has 130 valence electrons. The normalized spacial score (nSPS) is 11.0. The van der Waals surface area contributed by atoms with Gasteiger partial charge in [-0.3, -0.25) is 4.98 Å². The van der Waals surface area contributed by atoms with Crippen LogP contribution in [-0.4, -0.2) is 9.97 Å². The lowest BCUT2D eigenvalue weighted by atomic mass is 10.0. The number of benzene rings is 2. The summed E-state index contributed by atoms with van der Waals surface area (Å²) in [5, 5.41) is 5.36. The Labute approximate surface area is 158 Å². The Hall–Kier alpha value is -2.78. The standard InChI is InChI=1S/C22H20ClN3/c23-20-5-2-6-21-22(20)17(15-25-21)4-1-3-16-7-9-18(10-8-16)26-19-11-13-24-14-12-19/h2,5-15,25H,1,3-4H2,(H,24,26). The van der Waals surface area contributed by atoms with Gasteiger partial charge in [-0.15, -0.1) is 0 Å². The van der Waals surface area contributed by atoms with Crippen LogP contribution in [0.4, 0.5) is 11.4 Å². The molecule has 0 amide bonds. The topological polar surface area (TPSA) is 40.7 Å². The predicted octanol–water partition coefficient (Wildman–Crippen LogP) is 6.14. The number of hydrogen-bond acceptors (Lipinski definition) is 2. The third kappa shape index (κ3) is 3.73. The highest BCUT2D eigenvalue weighted by Gasteiger charge is 2.07. The zero-order chi connectivity index (χ0) is 17.8. The highest BCUT2D eigenvalue weighted by molar-refractivity contribution is 6.35. The summed E-state index contributed by atoms with van der Waals surface area (Å²) >= 11 is 6.35. The van der Waals surface area contributed by atoms with Crippen molar-refractivity contribution in [2.45, 2.75) is 19.3 Å². The fourth-order valence-electron chi connectivity index (χ4n) is 3.24. The zero-order valence-electron chi connectivity index (χ0n) is 14.4. The number of nitrogens with zero attached hydrogens (tertiary/aromatic N) is 1. The Bertz CT molecular complexity index is 991. The summed E-state index contributed by atoms with van der Waals surface area (Å²) in [6.07, 6.45) is 8.81. The second kappa shape index (κ2) is 7.63. The van der Waals surface area contributed by atoms with Crippen LogP contribution >= 0.6 is 11.6 Å². The molecule has 2 N–H and O–H groups in total. The summed E-state index contributed by atoms with van der Waals surface area (Å²) in [4.78, 5) is 7.34. The van der Waals surface area contributed by atoms with Crippen molar-refractivity contribution >= 4 is 33.9 Å². The first-order valence-electron chi connectivity index (χ1n) is 8.80. The van der Waals surface area contributed by atoms with Gasteiger partial charge in [0.25, 0.3) is 0 Å². The van der Waals surface area contributed by atoms with E-state index in [-0.39, 0.29) is 0 Å². The summed E-state index contributed by atoms with van der Waals surface area (Å²) < 4.78 is 0. The Balaban J connectivity index is 1.36. The number of pyridine rings is 1. The molecule has 0 spiro atoms. The maximum Gasteiger partial charge on any atom is 0.0502 e. The van der Waals surface area contributed by atoms with Crippen LogP contribution in [0, 0.1) is 0 Å². The summed E-state index contributed by atoms with van der Waals surface area (Å²) in [7, 11) is 0. The van der Waals surface area contributed by atoms with Crippen LogP contribution in [0.25, 0.3) is 10.9 Å². The molecule has 0 aliphatic carbocycles. The molecule has 0 bridgehead atoms. The second-order valence-electron chi connectivity index (χ2n) is 6.39. The van der Waals surface area contributed by atoms with Crippen LogP contribution in [-0.2, 0) is 12.8 Å². The van der Waals surface area contributed by atoms with Crippen LogP contribution in [0.3, 0.4) is 0 Å². The number of H-pyrrole nitrogens is 1. The average Bonchev–Trinajstić information content (AvgIpc) is 3.09. The number of rotatable bonds is 6. The Morgan fingerprint density at radius 1 is 0.885 bits per heavy atom. The molecule has 2 aromatic carbocycles. The minimum absolute atomic E-state index is 0.824. The largest absolute Gasteiger partial charge is 0.361 e. The maximum atomic E-state index is 6.35. The van der Waals surface area contributed by atoms with Crippen molar-refractivity contribution < 1.29 is 0 Å². The molecular formula is C22H20ClN3. The van der Waals surface area contributed by atoms with Crippen LogP contribution in [0.15, 0.2) is 73.2 Å². The average molecular weight is 362 g/mol. The van der Waals surface area contributed by atoms with E-state index in [1.165, 1.54) is 11.1 Å². The predicted molar refractivity (Wildman–Crippen MR) is 109 cm³/mol. The third-order valence-corrected chi connectivity index (χ3v) is 4.89. The van der Waals surface area contributed by atoms with Crippen molar-refractivity contribution in [1.29, 1.82) is 0 Å². The maximum absolute atomic E-state index is 6.35. The first-order valence-corrected chi connectivity index (χ1v) is 9.18. The SMILES string of the molecule is Clc1cccc2[nH]cc(CCCc3ccc(Nc4ccncc4)cc3)c12. The van der Waals surface area contributed by atoms with E-state index in [0.29, 0.717) is 0 Å². The number of halogens is 1. The smallest absolute Gasteiger partial charge is 0.0502 e. The van der Waals surface area contributed by atoms with E-state index >= 15 is 0 Å². The lowest BCUT2D eigenvalue weighted by Crippen LogP contribution is -1.92. The van der Waals surface area contributed by atoms with Crippen LogP contribution in [0.2, 0.25) is 5.02 Å². The molecule has 4 aromatic rings. The van der Waals surface area contributed by atoms with Gasteiger partial charge in [0.15, 0.2) is 0 Å². The van der Waals surface area contributed by atoms with E-state index in [1.54, 1.807) is 12.4 Å². The number of nitrogens with one attached hydrogen (secondary N) is 2. The van der Waals surface area contributed by atoms with E-state index in [2.05, 4.69) is 51.8 Å². The molecule has 0 aliphatic rings. The Morgan fingerprint density at radius 3 is 2.46 bits per heavy atom. The van der Waals surface area contributed by atoms with Crippen LogP contribution in [0.5, 0.6) is 0 Å². The lowest BCUT2D eigenvalue weighted by Gasteiger charge is -2.07. The number of anilines is 2. The summed E-state index contributed by atoms with van der Waals surface area (Å²) in [5.41, 5.74) is 5.88. The van der Waals surface area contributed by atoms with Gasteiger partial charge in [-0.2, -0.15) is 0 Å². The van der Waals surface area contributed by atoms with Gasteiger partial charge in [0.2, 0.25) is 0 Å². The Morgan fingerprint density at radius 2 is 1.65 bits per heavy atom. The van der Waals surface area contributed by atoms with Gasteiger partial charge in [-0.05, 0) is 66.8 Å². The Kier molecular flexibility index (Phi) is 4.89. The van der Waals surface area contributed by atoms with Gasteiger partial charge in [0.05, 0.1) is 5.02 Å². The van der Waals surface area contributed by atoms with Crippen LogP contribution in [0.1, 0.15) is 17.5 Å². The van der Waals surface area contributed by atoms with Gasteiger partial charge in [-0.1, -0.05) is 29.8 Å². The second-order valence-corrected chi connectivity index (χ2v) is 6.79. The summed E-state index contributed by atoms with van der Waals surface area (Å²) in [6, 6.07) is 18.5. The zero-order valence-corrected chi connectivity index (χ0v) is 15.1. The van der Waals surface area contributed by atoms with Gasteiger partial charge < -0.3 is 10.3 Å². The molecule has 0 aliphatic heterocycles. The quantitative estimate of drug-likeness (QED) is 0.433. The van der Waals surface area contributed by atoms with E-state index in [0.717, 1.165) is 46.6 Å². The highest BCUT2D eigenvalue weighted by atomic mass is 35.5. The van der Waals surface area contributed by atoms with E-state index < -0.39 is 0 Å². The van der Waals surface area contributed by atoms with Crippen molar-refractivity contribution in [3.05, 3.63) is 89.3 Å². The molecule has 4 rings (SSSR count). The number of hydrogen-bond donors (Lipinski definition) is 2. The molecule has 0 atom stereocenters. The summed E-state index contributed by atoms with van der Waals surface area (Å²) in [5.74, 6) is 0. The molecule has 2 aromatic heterocycles. The van der Waals surface area contributed by atoms with Crippen LogP contribution < -0.4 is 5.32 Å². The number of aryl methyl sites for hydroxylation is 2. The monoisotopic (exact) mass is 361 g/mol. The molecule has 2 heterocycles. The van der Waals surface area contributed by atoms with E-state index in [9.17, 15) is 0 Å². The van der Waals surface area contributed by atoms with Crippen molar-refractivity contribution in [1.82, 2.24) is 9.97 Å².